The lowest BCUT2D eigenvalue weighted by atomic mass is 10.3. The van der Waals surface area contributed by atoms with Gasteiger partial charge in [0.2, 0.25) is 0 Å². The van der Waals surface area contributed by atoms with Crippen molar-refractivity contribution in [2.24, 2.45) is 0 Å². The van der Waals surface area contributed by atoms with Crippen molar-refractivity contribution in [2.45, 2.75) is 0 Å². The molecule has 0 saturated carbocycles. The Labute approximate surface area is 144 Å². The first kappa shape index (κ1) is 15.0. The van der Waals surface area contributed by atoms with Crippen LogP contribution in [0.15, 0.2) is 42.5 Å². The van der Waals surface area contributed by atoms with Gasteiger partial charge in [-0.05, 0) is 46.9 Å². The standard InChI is InChI=1S/C15H12IN3O2S/c1-21-11-7-4-8-12-13(11)18-15(22-12)19-14(20)17-10-6-3-2-5-9(10)16/h2-8H,1H3,(H2,17,18,19,20). The summed E-state index contributed by atoms with van der Waals surface area (Å²) in [5.74, 6) is 0.694. The molecule has 1 heterocycles. The minimum Gasteiger partial charge on any atom is -0.494 e. The summed E-state index contributed by atoms with van der Waals surface area (Å²) in [5, 5.41) is 6.10. The second-order valence-corrected chi connectivity index (χ2v) is 6.58. The molecule has 0 bridgehead atoms. The normalized spacial score (nSPS) is 10.5. The quantitative estimate of drug-likeness (QED) is 0.606. The van der Waals surface area contributed by atoms with Crippen LogP contribution >= 0.6 is 33.9 Å². The number of halogens is 1. The van der Waals surface area contributed by atoms with E-state index in [1.54, 1.807) is 7.11 Å². The number of methoxy groups -OCH3 is 1. The van der Waals surface area contributed by atoms with Crippen LogP contribution in [0.5, 0.6) is 5.75 Å². The van der Waals surface area contributed by atoms with E-state index in [4.69, 9.17) is 4.74 Å². The topological polar surface area (TPSA) is 63.2 Å². The third-order valence-corrected chi connectivity index (χ3v) is 4.82. The number of urea groups is 1. The first-order valence-corrected chi connectivity index (χ1v) is 8.33. The molecule has 3 aromatic rings. The summed E-state index contributed by atoms with van der Waals surface area (Å²) >= 11 is 3.58. The third kappa shape index (κ3) is 3.14. The summed E-state index contributed by atoms with van der Waals surface area (Å²) in [5.41, 5.74) is 1.51. The van der Waals surface area contributed by atoms with Gasteiger partial charge < -0.3 is 10.1 Å². The average molecular weight is 425 g/mol. The van der Waals surface area contributed by atoms with Gasteiger partial charge >= 0.3 is 6.03 Å². The number of para-hydroxylation sites is 2. The van der Waals surface area contributed by atoms with Crippen LogP contribution < -0.4 is 15.4 Å². The van der Waals surface area contributed by atoms with Crippen LogP contribution in [-0.4, -0.2) is 18.1 Å². The van der Waals surface area contributed by atoms with E-state index in [1.165, 1.54) is 11.3 Å². The van der Waals surface area contributed by atoms with Crippen LogP contribution in [0.1, 0.15) is 0 Å². The third-order valence-electron chi connectivity index (χ3n) is 2.94. The molecule has 0 radical (unpaired) electrons. The molecule has 7 heteroatoms. The van der Waals surface area contributed by atoms with Crippen LogP contribution in [0.3, 0.4) is 0 Å². The van der Waals surface area contributed by atoms with Crippen molar-refractivity contribution in [1.82, 2.24) is 4.98 Å². The second kappa shape index (κ2) is 6.49. The van der Waals surface area contributed by atoms with Crippen molar-refractivity contribution < 1.29 is 9.53 Å². The highest BCUT2D eigenvalue weighted by Crippen LogP contribution is 2.32. The Balaban J connectivity index is 1.78. The summed E-state index contributed by atoms with van der Waals surface area (Å²) in [6, 6.07) is 12.9. The van der Waals surface area contributed by atoms with Gasteiger partial charge in [0.15, 0.2) is 5.13 Å². The number of amides is 2. The SMILES string of the molecule is COc1cccc2sc(NC(=O)Nc3ccccc3I)nc12. The molecule has 0 aliphatic rings. The lowest BCUT2D eigenvalue weighted by molar-refractivity contribution is 0.262. The predicted octanol–water partition coefficient (Wildman–Crippen LogP) is 4.55. The first-order chi connectivity index (χ1) is 10.7. The molecule has 0 spiro atoms. The number of benzene rings is 2. The van der Waals surface area contributed by atoms with Gasteiger partial charge in [0.1, 0.15) is 11.3 Å². The van der Waals surface area contributed by atoms with Crippen LogP contribution in [0, 0.1) is 3.57 Å². The van der Waals surface area contributed by atoms with Crippen molar-refractivity contribution in [1.29, 1.82) is 0 Å². The predicted molar refractivity (Wildman–Crippen MR) is 98.0 cm³/mol. The van der Waals surface area contributed by atoms with Gasteiger partial charge in [-0.25, -0.2) is 9.78 Å². The van der Waals surface area contributed by atoms with Crippen LogP contribution in [0.4, 0.5) is 15.6 Å². The zero-order valence-corrected chi connectivity index (χ0v) is 14.6. The summed E-state index contributed by atoms with van der Waals surface area (Å²) in [7, 11) is 1.60. The van der Waals surface area contributed by atoms with Crippen LogP contribution in [0.25, 0.3) is 10.2 Å². The van der Waals surface area contributed by atoms with Gasteiger partial charge in [0.05, 0.1) is 17.5 Å². The molecule has 2 amide bonds. The molecule has 2 N–H and O–H groups in total. The number of fused-ring (bicyclic) bond motifs is 1. The summed E-state index contributed by atoms with van der Waals surface area (Å²) in [6.07, 6.45) is 0. The molecule has 3 rings (SSSR count). The molecule has 2 aromatic carbocycles. The molecule has 22 heavy (non-hydrogen) atoms. The Morgan fingerprint density at radius 3 is 2.77 bits per heavy atom. The number of carbonyl (C=O) groups is 1. The first-order valence-electron chi connectivity index (χ1n) is 6.43. The lowest BCUT2D eigenvalue weighted by Gasteiger charge is -2.06. The van der Waals surface area contributed by atoms with Crippen LogP contribution in [0.2, 0.25) is 0 Å². The highest BCUT2D eigenvalue weighted by molar-refractivity contribution is 14.1. The number of ether oxygens (including phenoxy) is 1. The average Bonchev–Trinajstić information content (AvgIpc) is 2.91. The molecular weight excluding hydrogens is 413 g/mol. The van der Waals surface area contributed by atoms with E-state index < -0.39 is 0 Å². The van der Waals surface area contributed by atoms with Gasteiger partial charge in [0.25, 0.3) is 0 Å². The summed E-state index contributed by atoms with van der Waals surface area (Å²) in [6.45, 7) is 0. The van der Waals surface area contributed by atoms with E-state index in [-0.39, 0.29) is 6.03 Å². The Bertz CT molecular complexity index is 835. The van der Waals surface area contributed by atoms with Crippen LogP contribution in [-0.2, 0) is 0 Å². The molecule has 0 fully saturated rings. The zero-order valence-electron chi connectivity index (χ0n) is 11.6. The number of thiazole rings is 1. The maximum absolute atomic E-state index is 12.1. The maximum atomic E-state index is 12.1. The number of hydrogen-bond acceptors (Lipinski definition) is 4. The molecule has 1 aromatic heterocycles. The van der Waals surface area contributed by atoms with Gasteiger partial charge in [-0.2, -0.15) is 0 Å². The lowest BCUT2D eigenvalue weighted by Crippen LogP contribution is -2.19. The number of rotatable bonds is 3. The van der Waals surface area contributed by atoms with E-state index in [1.807, 2.05) is 42.5 Å². The van der Waals surface area contributed by atoms with E-state index in [0.29, 0.717) is 10.9 Å². The molecule has 5 nitrogen and oxygen atoms in total. The van der Waals surface area contributed by atoms with Gasteiger partial charge in [0, 0.05) is 3.57 Å². The minimum atomic E-state index is -0.317. The number of aromatic nitrogens is 1. The van der Waals surface area contributed by atoms with Crippen molar-refractivity contribution in [3.8, 4) is 5.75 Å². The van der Waals surface area contributed by atoms with Crippen molar-refractivity contribution in [2.75, 3.05) is 17.7 Å². The van der Waals surface area contributed by atoms with Crippen molar-refractivity contribution in [3.05, 3.63) is 46.0 Å². The Kier molecular flexibility index (Phi) is 4.44. The highest BCUT2D eigenvalue weighted by Gasteiger charge is 2.11. The van der Waals surface area contributed by atoms with Crippen molar-refractivity contribution in [3.63, 3.8) is 0 Å². The second-order valence-electron chi connectivity index (χ2n) is 4.39. The highest BCUT2D eigenvalue weighted by atomic mass is 127. The molecule has 112 valence electrons. The van der Waals surface area contributed by atoms with Crippen molar-refractivity contribution >= 4 is 61.0 Å². The molecule has 0 aliphatic carbocycles. The Hall–Kier alpha value is -1.87. The maximum Gasteiger partial charge on any atom is 0.325 e. The van der Waals surface area contributed by atoms with E-state index in [0.717, 1.165) is 19.5 Å². The largest absolute Gasteiger partial charge is 0.494 e. The monoisotopic (exact) mass is 425 g/mol. The number of anilines is 2. The molecule has 0 unspecified atom stereocenters. The number of hydrogen-bond donors (Lipinski definition) is 2. The molecule has 0 aliphatic heterocycles. The fraction of sp³-hybridized carbons (Fsp3) is 0.0667. The number of carbonyl (C=O) groups excluding carboxylic acids is 1. The molecule has 0 atom stereocenters. The van der Waals surface area contributed by atoms with Gasteiger partial charge in [-0.1, -0.05) is 29.5 Å². The fourth-order valence-corrected chi connectivity index (χ4v) is 3.36. The fourth-order valence-electron chi connectivity index (χ4n) is 1.95. The molecular formula is C15H12IN3O2S. The molecule has 0 saturated heterocycles. The minimum absolute atomic E-state index is 0.317. The van der Waals surface area contributed by atoms with E-state index >= 15 is 0 Å². The van der Waals surface area contributed by atoms with Gasteiger partial charge in [-0.15, -0.1) is 0 Å². The Morgan fingerprint density at radius 2 is 2.00 bits per heavy atom. The summed E-state index contributed by atoms with van der Waals surface area (Å²) < 4.78 is 7.21. The zero-order chi connectivity index (χ0) is 15.5. The summed E-state index contributed by atoms with van der Waals surface area (Å²) in [4.78, 5) is 16.5. The van der Waals surface area contributed by atoms with Gasteiger partial charge in [-0.3, -0.25) is 5.32 Å². The number of nitrogens with zero attached hydrogens (tertiary/aromatic N) is 1. The van der Waals surface area contributed by atoms with E-state index in [9.17, 15) is 4.79 Å². The smallest absolute Gasteiger partial charge is 0.325 e. The Morgan fingerprint density at radius 1 is 1.18 bits per heavy atom. The number of nitrogens with one attached hydrogen (secondary N) is 2. The van der Waals surface area contributed by atoms with E-state index in [2.05, 4.69) is 38.2 Å².